The van der Waals surface area contributed by atoms with Crippen LogP contribution in [0, 0.1) is 6.92 Å². The van der Waals surface area contributed by atoms with E-state index in [0.29, 0.717) is 22.8 Å². The molecule has 2 amide bonds. The number of amides is 2. The van der Waals surface area contributed by atoms with E-state index in [1.54, 1.807) is 49.0 Å². The average molecular weight is 365 g/mol. The molecule has 0 saturated carbocycles. The quantitative estimate of drug-likeness (QED) is 0.724. The third-order valence-electron chi connectivity index (χ3n) is 3.85. The summed E-state index contributed by atoms with van der Waals surface area (Å²) in [7, 11) is 1.58. The summed E-state index contributed by atoms with van der Waals surface area (Å²) in [4.78, 5) is 23.8. The summed E-state index contributed by atoms with van der Waals surface area (Å²) in [5.74, 6) is 0.111. The van der Waals surface area contributed by atoms with Gasteiger partial charge in [0.15, 0.2) is 5.69 Å². The first kappa shape index (κ1) is 18.1. The van der Waals surface area contributed by atoms with E-state index < -0.39 is 0 Å². The summed E-state index contributed by atoms with van der Waals surface area (Å²) in [5.41, 5.74) is 2.69. The maximum absolute atomic E-state index is 12.6. The third kappa shape index (κ3) is 4.12. The van der Waals surface area contributed by atoms with E-state index in [2.05, 4.69) is 20.9 Å². The summed E-state index contributed by atoms with van der Waals surface area (Å²) in [5, 5.41) is 13.5. The lowest BCUT2D eigenvalue weighted by molar-refractivity contribution is -0.114. The predicted molar refractivity (Wildman–Crippen MR) is 101 cm³/mol. The minimum absolute atomic E-state index is 0.185. The van der Waals surface area contributed by atoms with Crippen LogP contribution in [0.15, 0.2) is 48.5 Å². The van der Waals surface area contributed by atoms with Gasteiger partial charge in [0.2, 0.25) is 5.91 Å². The molecule has 27 heavy (non-hydrogen) atoms. The highest BCUT2D eigenvalue weighted by molar-refractivity contribution is 6.04. The number of nitrogens with one attached hydrogen (secondary N) is 2. The molecule has 0 aliphatic rings. The Morgan fingerprint density at radius 3 is 2.44 bits per heavy atom. The number of aromatic nitrogens is 3. The molecule has 0 atom stereocenters. The van der Waals surface area contributed by atoms with Crippen LogP contribution in [0.4, 0.5) is 11.4 Å². The monoisotopic (exact) mass is 365 g/mol. The Morgan fingerprint density at radius 2 is 1.74 bits per heavy atom. The van der Waals surface area contributed by atoms with Crippen molar-refractivity contribution in [2.45, 2.75) is 13.8 Å². The van der Waals surface area contributed by atoms with E-state index >= 15 is 0 Å². The van der Waals surface area contributed by atoms with Crippen molar-refractivity contribution in [2.75, 3.05) is 17.7 Å². The number of methoxy groups -OCH3 is 1. The smallest absolute Gasteiger partial charge is 0.278 e. The highest BCUT2D eigenvalue weighted by atomic mass is 16.5. The van der Waals surface area contributed by atoms with Crippen molar-refractivity contribution in [1.29, 1.82) is 0 Å². The van der Waals surface area contributed by atoms with Gasteiger partial charge in [0.25, 0.3) is 5.91 Å². The number of benzene rings is 2. The lowest BCUT2D eigenvalue weighted by Crippen LogP contribution is -2.14. The van der Waals surface area contributed by atoms with Gasteiger partial charge in [0, 0.05) is 24.4 Å². The van der Waals surface area contributed by atoms with Gasteiger partial charge in [-0.3, -0.25) is 9.59 Å². The molecular weight excluding hydrogens is 346 g/mol. The molecule has 2 N–H and O–H groups in total. The number of ether oxygens (including phenoxy) is 1. The van der Waals surface area contributed by atoms with Crippen molar-refractivity contribution >= 4 is 23.2 Å². The third-order valence-corrected chi connectivity index (χ3v) is 3.85. The standard InChI is InChI=1S/C19H19N5O3/c1-12-18(22-23-24(12)16-8-5-9-17(11-16)27-3)19(26)21-15-7-4-6-14(10-15)20-13(2)25/h4-11H,1-3H3,(H,20,25)(H,21,26). The van der Waals surface area contributed by atoms with Gasteiger partial charge in [-0.25, -0.2) is 4.68 Å². The van der Waals surface area contributed by atoms with Crippen molar-refractivity contribution in [2.24, 2.45) is 0 Å². The number of carbonyl (C=O) groups excluding carboxylic acids is 2. The zero-order valence-electron chi connectivity index (χ0n) is 15.2. The van der Waals surface area contributed by atoms with Gasteiger partial charge >= 0.3 is 0 Å². The number of hydrogen-bond acceptors (Lipinski definition) is 5. The van der Waals surface area contributed by atoms with Crippen molar-refractivity contribution in [3.63, 3.8) is 0 Å². The fourth-order valence-electron chi connectivity index (χ4n) is 2.59. The molecule has 3 rings (SSSR count). The first-order valence-electron chi connectivity index (χ1n) is 8.23. The Morgan fingerprint density at radius 1 is 1.04 bits per heavy atom. The van der Waals surface area contributed by atoms with E-state index in [9.17, 15) is 9.59 Å². The van der Waals surface area contributed by atoms with Gasteiger partial charge in [-0.2, -0.15) is 0 Å². The molecule has 0 aliphatic heterocycles. The van der Waals surface area contributed by atoms with Crippen LogP contribution >= 0.6 is 0 Å². The second-order valence-corrected chi connectivity index (χ2v) is 5.85. The van der Waals surface area contributed by atoms with Gasteiger partial charge in [0.05, 0.1) is 18.5 Å². The van der Waals surface area contributed by atoms with Gasteiger partial charge < -0.3 is 15.4 Å². The highest BCUT2D eigenvalue weighted by Crippen LogP contribution is 2.20. The zero-order valence-corrected chi connectivity index (χ0v) is 15.2. The molecule has 0 saturated heterocycles. The van der Waals surface area contributed by atoms with E-state index in [0.717, 1.165) is 5.69 Å². The minimum Gasteiger partial charge on any atom is -0.497 e. The van der Waals surface area contributed by atoms with Crippen molar-refractivity contribution in [1.82, 2.24) is 15.0 Å². The van der Waals surface area contributed by atoms with Crippen molar-refractivity contribution in [3.05, 3.63) is 59.9 Å². The minimum atomic E-state index is -0.387. The molecule has 1 heterocycles. The molecule has 0 spiro atoms. The van der Waals surface area contributed by atoms with Crippen LogP contribution in [0.1, 0.15) is 23.1 Å². The van der Waals surface area contributed by atoms with Crippen LogP contribution in [0.5, 0.6) is 5.75 Å². The van der Waals surface area contributed by atoms with Crippen LogP contribution in [0.3, 0.4) is 0 Å². The Balaban J connectivity index is 1.82. The number of nitrogens with zero attached hydrogens (tertiary/aromatic N) is 3. The van der Waals surface area contributed by atoms with Crippen LogP contribution in [-0.4, -0.2) is 33.9 Å². The summed E-state index contributed by atoms with van der Waals surface area (Å²) >= 11 is 0. The Labute approximate surface area is 156 Å². The predicted octanol–water partition coefficient (Wildman–Crippen LogP) is 2.80. The van der Waals surface area contributed by atoms with E-state index in [4.69, 9.17) is 4.74 Å². The first-order chi connectivity index (χ1) is 13.0. The molecule has 0 unspecified atom stereocenters. The SMILES string of the molecule is COc1cccc(-n2nnc(C(=O)Nc3cccc(NC(C)=O)c3)c2C)c1. The molecular formula is C19H19N5O3. The fourth-order valence-corrected chi connectivity index (χ4v) is 2.59. The maximum Gasteiger partial charge on any atom is 0.278 e. The summed E-state index contributed by atoms with van der Waals surface area (Å²) in [6.45, 7) is 3.19. The van der Waals surface area contributed by atoms with Gasteiger partial charge in [-0.05, 0) is 37.3 Å². The van der Waals surface area contributed by atoms with Crippen molar-refractivity contribution in [3.8, 4) is 11.4 Å². The number of hydrogen-bond donors (Lipinski definition) is 2. The Hall–Kier alpha value is -3.68. The molecule has 0 aliphatic carbocycles. The van der Waals surface area contributed by atoms with E-state index in [1.807, 2.05) is 18.2 Å². The molecule has 1 aromatic heterocycles. The lowest BCUT2D eigenvalue weighted by atomic mass is 10.2. The van der Waals surface area contributed by atoms with Gasteiger partial charge in [-0.1, -0.05) is 17.3 Å². The Kier molecular flexibility index (Phi) is 5.16. The molecule has 8 nitrogen and oxygen atoms in total. The highest BCUT2D eigenvalue weighted by Gasteiger charge is 2.18. The molecule has 0 fully saturated rings. The number of carbonyl (C=O) groups is 2. The first-order valence-corrected chi connectivity index (χ1v) is 8.23. The molecule has 3 aromatic rings. The second-order valence-electron chi connectivity index (χ2n) is 5.85. The fraction of sp³-hybridized carbons (Fsp3) is 0.158. The molecule has 0 radical (unpaired) electrons. The lowest BCUT2D eigenvalue weighted by Gasteiger charge is -2.08. The van der Waals surface area contributed by atoms with Crippen LogP contribution in [0.25, 0.3) is 5.69 Å². The largest absolute Gasteiger partial charge is 0.497 e. The molecule has 0 bridgehead atoms. The van der Waals surface area contributed by atoms with E-state index in [-0.39, 0.29) is 17.5 Å². The van der Waals surface area contributed by atoms with E-state index in [1.165, 1.54) is 6.92 Å². The second kappa shape index (κ2) is 7.69. The Bertz CT molecular complexity index is 997. The average Bonchev–Trinajstić information content (AvgIpc) is 3.03. The van der Waals surface area contributed by atoms with Crippen molar-refractivity contribution < 1.29 is 14.3 Å². The number of anilines is 2. The molecule has 2 aromatic carbocycles. The van der Waals surface area contributed by atoms with Gasteiger partial charge in [0.1, 0.15) is 5.75 Å². The summed E-state index contributed by atoms with van der Waals surface area (Å²) in [6, 6.07) is 14.2. The van der Waals surface area contributed by atoms with Crippen LogP contribution < -0.4 is 15.4 Å². The topological polar surface area (TPSA) is 98.1 Å². The normalized spacial score (nSPS) is 10.3. The summed E-state index contributed by atoms with van der Waals surface area (Å²) < 4.78 is 6.79. The van der Waals surface area contributed by atoms with Gasteiger partial charge in [-0.15, -0.1) is 5.10 Å². The maximum atomic E-state index is 12.6. The zero-order chi connectivity index (χ0) is 19.4. The van der Waals surface area contributed by atoms with Crippen LogP contribution in [-0.2, 0) is 4.79 Å². The molecule has 138 valence electrons. The summed E-state index contributed by atoms with van der Waals surface area (Å²) in [6.07, 6.45) is 0. The molecule has 8 heteroatoms. The number of rotatable bonds is 5. The van der Waals surface area contributed by atoms with Crippen LogP contribution in [0.2, 0.25) is 0 Å².